The summed E-state index contributed by atoms with van der Waals surface area (Å²) >= 11 is 0. The van der Waals surface area contributed by atoms with Crippen molar-refractivity contribution in [2.45, 2.75) is 12.0 Å². The van der Waals surface area contributed by atoms with Crippen LogP contribution >= 0.6 is 0 Å². The van der Waals surface area contributed by atoms with Gasteiger partial charge in [0.15, 0.2) is 23.0 Å². The number of fused-ring (bicyclic) bond motifs is 3. The number of carbonyl (C=O) groups excluding carboxylic acids is 2. The molecule has 2 heterocycles. The number of hydrogen-bond acceptors (Lipinski definition) is 11. The van der Waals surface area contributed by atoms with Gasteiger partial charge in [0.2, 0.25) is 12.5 Å². The van der Waals surface area contributed by atoms with Crippen LogP contribution in [0.15, 0.2) is 48.5 Å². The fourth-order valence-corrected chi connectivity index (χ4v) is 6.02. The van der Waals surface area contributed by atoms with E-state index in [9.17, 15) is 20.0 Å². The molecule has 1 amide bonds. The van der Waals surface area contributed by atoms with E-state index in [0.717, 1.165) is 16.7 Å². The van der Waals surface area contributed by atoms with E-state index in [1.807, 2.05) is 12.1 Å². The monoisotopic (exact) mass is 563 g/mol. The van der Waals surface area contributed by atoms with Gasteiger partial charge in [-0.25, -0.2) is 0 Å². The largest absolute Gasteiger partial charge is 0.733 e. The van der Waals surface area contributed by atoms with Crippen molar-refractivity contribution in [3.05, 3.63) is 76.0 Å². The Kier molecular flexibility index (Phi) is 6.72. The van der Waals surface area contributed by atoms with Crippen LogP contribution in [0, 0.1) is 17.0 Å². The molecule has 3 aromatic carbocycles. The Morgan fingerprint density at radius 2 is 1.66 bits per heavy atom. The zero-order chi connectivity index (χ0) is 28.8. The van der Waals surface area contributed by atoms with Crippen LogP contribution in [0.3, 0.4) is 0 Å². The zero-order valence-electron chi connectivity index (χ0n) is 22.4. The highest BCUT2D eigenvalue weighted by Crippen LogP contribution is 2.55. The van der Waals surface area contributed by atoms with E-state index in [2.05, 4.69) is 5.32 Å². The first-order chi connectivity index (χ1) is 19.8. The van der Waals surface area contributed by atoms with Crippen molar-refractivity contribution in [3.63, 3.8) is 0 Å². The van der Waals surface area contributed by atoms with Gasteiger partial charge in [0.05, 0.1) is 45.6 Å². The molecule has 6 rings (SSSR count). The maximum Gasteiger partial charge on any atom is 0.310 e. The molecule has 0 spiro atoms. The third-order valence-corrected chi connectivity index (χ3v) is 7.85. The third kappa shape index (κ3) is 4.41. The van der Waals surface area contributed by atoms with Gasteiger partial charge in [-0.3, -0.25) is 14.8 Å². The Balaban J connectivity index is 1.49. The molecule has 2 N–H and O–H groups in total. The Hall–Kier alpha value is -4.68. The van der Waals surface area contributed by atoms with Gasteiger partial charge in [-0.15, -0.1) is 0 Å². The summed E-state index contributed by atoms with van der Waals surface area (Å²) in [5.74, 6) is -0.213. The van der Waals surface area contributed by atoms with E-state index < -0.39 is 35.7 Å². The number of rotatable bonds is 7. The van der Waals surface area contributed by atoms with Gasteiger partial charge in [0, 0.05) is 17.4 Å². The third-order valence-electron chi connectivity index (χ3n) is 7.85. The summed E-state index contributed by atoms with van der Waals surface area (Å²) in [4.78, 5) is 26.8. The van der Waals surface area contributed by atoms with Crippen LogP contribution < -0.4 is 34.2 Å². The number of carbonyl (C=O) groups is 2. The van der Waals surface area contributed by atoms with Crippen molar-refractivity contribution < 1.29 is 43.2 Å². The van der Waals surface area contributed by atoms with E-state index in [0.29, 0.717) is 28.7 Å². The molecule has 1 aliphatic carbocycles. The van der Waals surface area contributed by atoms with Crippen molar-refractivity contribution in [3.8, 4) is 28.7 Å². The summed E-state index contributed by atoms with van der Waals surface area (Å²) in [6.07, 6.45) is 0. The van der Waals surface area contributed by atoms with Crippen molar-refractivity contribution in [1.82, 2.24) is 5.32 Å². The van der Waals surface area contributed by atoms with Crippen molar-refractivity contribution in [2.75, 3.05) is 40.0 Å². The molecular weight excluding hydrogens is 536 g/mol. The molecule has 214 valence electrons. The van der Waals surface area contributed by atoms with Crippen molar-refractivity contribution in [2.24, 2.45) is 11.8 Å². The topological polar surface area (TPSA) is 148 Å². The first kappa shape index (κ1) is 26.5. The fraction of sp³-hybridized carbons (Fsp3) is 0.310. The number of amides is 1. The number of cyclic esters (lactones) is 1. The van der Waals surface area contributed by atoms with E-state index in [4.69, 9.17) is 28.4 Å². The predicted octanol–water partition coefficient (Wildman–Crippen LogP) is 3.54. The molecule has 0 aromatic heterocycles. The number of benzene rings is 3. The number of nitrogens with zero attached hydrogens (tertiary/aromatic N) is 1. The lowest BCUT2D eigenvalue weighted by molar-refractivity contribution is -0.141. The van der Waals surface area contributed by atoms with Gasteiger partial charge in [-0.1, -0.05) is 6.07 Å². The Morgan fingerprint density at radius 3 is 2.29 bits per heavy atom. The van der Waals surface area contributed by atoms with Gasteiger partial charge >= 0.3 is 5.97 Å². The molecule has 0 bridgehead atoms. The first-order valence-electron chi connectivity index (χ1n) is 12.8. The number of hydrogen-bond donors (Lipinski definition) is 2. The zero-order valence-corrected chi connectivity index (χ0v) is 22.4. The van der Waals surface area contributed by atoms with Crippen molar-refractivity contribution in [1.29, 1.82) is 0 Å². The van der Waals surface area contributed by atoms with E-state index in [1.54, 1.807) is 12.1 Å². The minimum absolute atomic E-state index is 0.0403. The molecule has 0 radical (unpaired) electrons. The number of methoxy groups -OCH3 is 3. The Morgan fingerprint density at radius 1 is 0.976 bits per heavy atom. The highest BCUT2D eigenvalue weighted by molar-refractivity contribution is 5.95. The SMILES string of the molecule is COc1cc([C@@H]2c3cc4c(cc3[C@@H](NC(=O)c3cccc(N([O-])O)c3)[C@H]3COC(=O)[C@H]23)OCO4)cc(OC)c1OC. The van der Waals surface area contributed by atoms with Crippen LogP contribution in [0.4, 0.5) is 5.69 Å². The Bertz CT molecular complexity index is 1500. The van der Waals surface area contributed by atoms with E-state index in [1.165, 1.54) is 45.6 Å². The fourth-order valence-electron chi connectivity index (χ4n) is 6.02. The average Bonchev–Trinajstić information content (AvgIpc) is 3.61. The van der Waals surface area contributed by atoms with Gasteiger partial charge in [-0.05, 0) is 59.2 Å². The van der Waals surface area contributed by atoms with Crippen LogP contribution in [0.2, 0.25) is 0 Å². The van der Waals surface area contributed by atoms with Crippen LogP contribution in [-0.4, -0.2) is 51.8 Å². The standard InChI is InChI=1S/C29H27N2O10/c1-36-22-8-15(9-23(37-2)27(22)38-3)24-17-10-20-21(41-13-40-20)11-18(17)26(19-12-39-29(33)25(19)24)30-28(32)14-5-4-6-16(7-14)31(34)35/h4-11,19,24-26,34H,12-13H2,1-3H3,(H,30,32)/q-1/t19-,24+,25-,26+/m0/s1. The van der Waals surface area contributed by atoms with E-state index >= 15 is 0 Å². The summed E-state index contributed by atoms with van der Waals surface area (Å²) in [6.45, 7) is 0.118. The molecule has 3 aromatic rings. The van der Waals surface area contributed by atoms with Gasteiger partial charge < -0.3 is 44.2 Å². The molecule has 0 unspecified atom stereocenters. The minimum atomic E-state index is -0.670. The van der Waals surface area contributed by atoms with Gasteiger partial charge in [0.1, 0.15) is 0 Å². The highest BCUT2D eigenvalue weighted by atomic mass is 16.8. The maximum absolute atomic E-state index is 13.4. The van der Waals surface area contributed by atoms with Gasteiger partial charge in [-0.2, -0.15) is 0 Å². The second kappa shape index (κ2) is 10.4. The highest BCUT2D eigenvalue weighted by Gasteiger charge is 2.53. The lowest BCUT2D eigenvalue weighted by Crippen LogP contribution is -2.42. The average molecular weight is 564 g/mol. The molecule has 41 heavy (non-hydrogen) atoms. The molecule has 12 heteroatoms. The molecule has 12 nitrogen and oxygen atoms in total. The van der Waals surface area contributed by atoms with Crippen LogP contribution in [0.1, 0.15) is 39.0 Å². The quantitative estimate of drug-likeness (QED) is 0.321. The summed E-state index contributed by atoms with van der Waals surface area (Å²) in [6, 6.07) is 12.3. The Labute approximate surface area is 234 Å². The number of nitrogens with one attached hydrogen (secondary N) is 1. The number of anilines is 1. The smallest absolute Gasteiger partial charge is 0.310 e. The normalized spacial score (nSPS) is 21.8. The van der Waals surface area contributed by atoms with Crippen LogP contribution in [-0.2, 0) is 9.53 Å². The lowest BCUT2D eigenvalue weighted by Gasteiger charge is -2.39. The molecule has 1 saturated heterocycles. The lowest BCUT2D eigenvalue weighted by atomic mass is 9.65. The molecular formula is C29H27N2O10-. The van der Waals surface area contributed by atoms with E-state index in [-0.39, 0.29) is 29.9 Å². The second-order valence-corrected chi connectivity index (χ2v) is 9.86. The van der Waals surface area contributed by atoms with Crippen LogP contribution in [0.5, 0.6) is 28.7 Å². The molecule has 0 saturated carbocycles. The van der Waals surface area contributed by atoms with Crippen molar-refractivity contribution >= 4 is 17.6 Å². The molecule has 4 atom stereocenters. The number of ether oxygens (including phenoxy) is 6. The predicted molar refractivity (Wildman–Crippen MR) is 143 cm³/mol. The minimum Gasteiger partial charge on any atom is -0.733 e. The maximum atomic E-state index is 13.4. The molecule has 2 aliphatic heterocycles. The first-order valence-corrected chi connectivity index (χ1v) is 12.8. The summed E-state index contributed by atoms with van der Waals surface area (Å²) in [7, 11) is 4.55. The summed E-state index contributed by atoms with van der Waals surface area (Å²) in [5.41, 5.74) is 2.26. The summed E-state index contributed by atoms with van der Waals surface area (Å²) < 4.78 is 33.6. The number of esters is 1. The van der Waals surface area contributed by atoms with Gasteiger partial charge in [0.25, 0.3) is 5.91 Å². The second-order valence-electron chi connectivity index (χ2n) is 9.86. The molecule has 1 fully saturated rings. The summed E-state index contributed by atoms with van der Waals surface area (Å²) in [5, 5.41) is 23.4. The molecule has 3 aliphatic rings. The van der Waals surface area contributed by atoms with Crippen LogP contribution in [0.25, 0.3) is 0 Å².